The molecule has 0 amide bonds. The summed E-state index contributed by atoms with van der Waals surface area (Å²) < 4.78 is 7.70. The molecule has 3 rings (SSSR count). The maximum absolute atomic E-state index is 6.08. The molecule has 1 N–H and O–H groups in total. The van der Waals surface area contributed by atoms with Crippen LogP contribution in [0.2, 0.25) is 5.02 Å². The zero-order chi connectivity index (χ0) is 19.2. The summed E-state index contributed by atoms with van der Waals surface area (Å²) in [4.78, 5) is 17.8. The first-order chi connectivity index (χ1) is 13.1. The molecule has 0 fully saturated rings. The molecule has 1 unspecified atom stereocenters. The molecule has 9 heteroatoms. The molecule has 0 aliphatic heterocycles. The number of benzene rings is 1. The average Bonchev–Trinajstić information content (AvgIpc) is 3.06. The summed E-state index contributed by atoms with van der Waals surface area (Å²) in [6.45, 7) is 6.50. The second kappa shape index (κ2) is 8.79. The summed E-state index contributed by atoms with van der Waals surface area (Å²) in [5.74, 6) is 1.47. The minimum absolute atomic E-state index is 0.275. The first-order valence-corrected chi connectivity index (χ1v) is 9.00. The summed E-state index contributed by atoms with van der Waals surface area (Å²) in [7, 11) is 0. The van der Waals surface area contributed by atoms with Gasteiger partial charge in [0.1, 0.15) is 18.2 Å². The van der Waals surface area contributed by atoms with Crippen LogP contribution in [-0.2, 0) is 4.84 Å². The smallest absolute Gasteiger partial charge is 0.272 e. The van der Waals surface area contributed by atoms with Gasteiger partial charge >= 0.3 is 0 Å². The van der Waals surface area contributed by atoms with Crippen molar-refractivity contribution in [1.29, 1.82) is 0 Å². The Hall–Kier alpha value is -2.71. The molecular formula is C18H21ClN6O2. The number of ether oxygens (including phenoxy) is 1. The van der Waals surface area contributed by atoms with E-state index in [4.69, 9.17) is 21.2 Å². The number of fused-ring (bicyclic) bond motifs is 1. The third-order valence-electron chi connectivity index (χ3n) is 3.74. The number of rotatable bonds is 8. The van der Waals surface area contributed by atoms with Crippen molar-refractivity contribution in [2.24, 2.45) is 4.99 Å². The van der Waals surface area contributed by atoms with Crippen molar-refractivity contribution in [2.45, 2.75) is 33.3 Å². The number of aromatic nitrogens is 4. The number of nitrogens with one attached hydrogen (secondary N) is 1. The Bertz CT molecular complexity index is 943. The van der Waals surface area contributed by atoms with Crippen molar-refractivity contribution in [2.75, 3.05) is 6.61 Å². The number of halogens is 1. The molecule has 0 aliphatic rings. The minimum atomic E-state index is -0.278. The molecule has 0 spiro atoms. The quantitative estimate of drug-likeness (QED) is 0.273. The Morgan fingerprint density at radius 3 is 3.00 bits per heavy atom. The van der Waals surface area contributed by atoms with Crippen LogP contribution in [0.4, 0.5) is 5.95 Å². The van der Waals surface area contributed by atoms with Crippen LogP contribution in [-0.4, -0.2) is 32.5 Å². The van der Waals surface area contributed by atoms with Crippen LogP contribution in [0.5, 0.6) is 5.75 Å². The molecule has 142 valence electrons. The van der Waals surface area contributed by atoms with Gasteiger partial charge in [-0.05, 0) is 50.1 Å². The topological polar surface area (TPSA) is 85.9 Å². The summed E-state index contributed by atoms with van der Waals surface area (Å²) in [5, 5.41) is 5.05. The lowest BCUT2D eigenvalue weighted by molar-refractivity contribution is 0.0890. The van der Waals surface area contributed by atoms with Crippen LogP contribution in [0.1, 0.15) is 37.6 Å². The predicted molar refractivity (Wildman–Crippen MR) is 104 cm³/mol. The Morgan fingerprint density at radius 1 is 1.37 bits per heavy atom. The molecule has 1 aromatic carbocycles. The standard InChI is InChI=1S/C18H21ClN6O2/c1-4-9-26-22-11-21-17-23-18-20-8-7-15(25(18)24-17)13(3)27-16-6-5-14(19)10-12(16)2/h5-8,10-11,13H,4,9H2,1-3H3,(H,21,22,24). The Labute approximate surface area is 162 Å². The van der Waals surface area contributed by atoms with E-state index in [1.54, 1.807) is 16.8 Å². The number of hydroxylamine groups is 1. The van der Waals surface area contributed by atoms with Crippen LogP contribution in [0.25, 0.3) is 5.78 Å². The van der Waals surface area contributed by atoms with E-state index in [0.29, 0.717) is 17.4 Å². The van der Waals surface area contributed by atoms with Crippen molar-refractivity contribution in [1.82, 2.24) is 25.1 Å². The highest BCUT2D eigenvalue weighted by Gasteiger charge is 2.15. The summed E-state index contributed by atoms with van der Waals surface area (Å²) in [5.41, 5.74) is 4.39. The van der Waals surface area contributed by atoms with Gasteiger partial charge in [-0.25, -0.2) is 4.98 Å². The van der Waals surface area contributed by atoms with E-state index in [1.807, 2.05) is 39.0 Å². The van der Waals surface area contributed by atoms with Gasteiger partial charge in [0, 0.05) is 11.2 Å². The van der Waals surface area contributed by atoms with E-state index in [0.717, 1.165) is 23.4 Å². The fraction of sp³-hybridized carbons (Fsp3) is 0.333. The van der Waals surface area contributed by atoms with Gasteiger partial charge in [-0.3, -0.25) is 10.3 Å². The predicted octanol–water partition coefficient (Wildman–Crippen LogP) is 3.82. The van der Waals surface area contributed by atoms with Crippen LogP contribution in [0, 0.1) is 6.92 Å². The van der Waals surface area contributed by atoms with Crippen LogP contribution < -0.4 is 10.2 Å². The van der Waals surface area contributed by atoms with Gasteiger partial charge in [-0.2, -0.15) is 14.5 Å². The fourth-order valence-corrected chi connectivity index (χ4v) is 2.67. The largest absolute Gasteiger partial charge is 0.484 e. The number of hydrogen-bond donors (Lipinski definition) is 1. The minimum Gasteiger partial charge on any atom is -0.484 e. The lowest BCUT2D eigenvalue weighted by Crippen LogP contribution is -2.12. The zero-order valence-electron chi connectivity index (χ0n) is 15.4. The van der Waals surface area contributed by atoms with Crippen molar-refractivity contribution in [3.05, 3.63) is 46.7 Å². The second-order valence-corrected chi connectivity index (χ2v) is 6.32. The van der Waals surface area contributed by atoms with E-state index in [9.17, 15) is 0 Å². The molecule has 2 heterocycles. The van der Waals surface area contributed by atoms with Gasteiger partial charge in [0.25, 0.3) is 11.7 Å². The summed E-state index contributed by atoms with van der Waals surface area (Å²) in [6.07, 6.45) is 3.71. The van der Waals surface area contributed by atoms with Gasteiger partial charge in [-0.15, -0.1) is 5.10 Å². The number of aryl methyl sites for hydroxylation is 1. The van der Waals surface area contributed by atoms with Gasteiger partial charge in [0.05, 0.1) is 12.3 Å². The second-order valence-electron chi connectivity index (χ2n) is 5.89. The van der Waals surface area contributed by atoms with Gasteiger partial charge < -0.3 is 4.74 Å². The third kappa shape index (κ3) is 4.72. The third-order valence-corrected chi connectivity index (χ3v) is 3.97. The monoisotopic (exact) mass is 388 g/mol. The molecule has 8 nitrogen and oxygen atoms in total. The normalized spacial score (nSPS) is 12.6. The van der Waals surface area contributed by atoms with E-state index in [-0.39, 0.29) is 12.1 Å². The van der Waals surface area contributed by atoms with Crippen molar-refractivity contribution < 1.29 is 9.57 Å². The first kappa shape index (κ1) is 19.1. The molecule has 0 bridgehead atoms. The molecular weight excluding hydrogens is 368 g/mol. The molecule has 0 aliphatic carbocycles. The van der Waals surface area contributed by atoms with Crippen molar-refractivity contribution in [3.63, 3.8) is 0 Å². The van der Waals surface area contributed by atoms with Gasteiger partial charge in [0.15, 0.2) is 0 Å². The maximum Gasteiger partial charge on any atom is 0.272 e. The zero-order valence-corrected chi connectivity index (χ0v) is 16.1. The molecule has 2 aromatic heterocycles. The van der Waals surface area contributed by atoms with E-state index in [2.05, 4.69) is 25.5 Å². The number of hydrogen-bond acceptors (Lipinski definition) is 6. The molecule has 3 aromatic rings. The highest BCUT2D eigenvalue weighted by Crippen LogP contribution is 2.27. The fourth-order valence-electron chi connectivity index (χ4n) is 2.44. The highest BCUT2D eigenvalue weighted by atomic mass is 35.5. The Morgan fingerprint density at radius 2 is 2.22 bits per heavy atom. The van der Waals surface area contributed by atoms with Gasteiger partial charge in [-0.1, -0.05) is 18.5 Å². The molecule has 0 saturated carbocycles. The Balaban J connectivity index is 1.79. The lowest BCUT2D eigenvalue weighted by Gasteiger charge is -2.17. The van der Waals surface area contributed by atoms with E-state index in [1.165, 1.54) is 6.34 Å². The molecule has 27 heavy (non-hydrogen) atoms. The van der Waals surface area contributed by atoms with Crippen molar-refractivity contribution in [3.8, 4) is 5.75 Å². The van der Waals surface area contributed by atoms with Crippen molar-refractivity contribution >= 4 is 29.7 Å². The van der Waals surface area contributed by atoms with E-state index >= 15 is 0 Å². The van der Waals surface area contributed by atoms with Crippen LogP contribution in [0.15, 0.2) is 35.5 Å². The number of nitrogens with zero attached hydrogens (tertiary/aromatic N) is 5. The first-order valence-electron chi connectivity index (χ1n) is 8.63. The lowest BCUT2D eigenvalue weighted by atomic mass is 10.2. The molecule has 1 atom stereocenters. The summed E-state index contributed by atoms with van der Waals surface area (Å²) >= 11 is 6.01. The number of aliphatic imine (C=N–C) groups is 1. The highest BCUT2D eigenvalue weighted by molar-refractivity contribution is 6.30. The molecule has 0 radical (unpaired) electrons. The average molecular weight is 389 g/mol. The van der Waals surface area contributed by atoms with Crippen LogP contribution >= 0.6 is 11.6 Å². The SMILES string of the molecule is CCCONC=Nc1nc2nccc(C(C)Oc3ccc(Cl)cc3C)n2n1. The maximum atomic E-state index is 6.08. The Kier molecular flexibility index (Phi) is 6.20. The van der Waals surface area contributed by atoms with Crippen LogP contribution in [0.3, 0.4) is 0 Å². The summed E-state index contributed by atoms with van der Waals surface area (Å²) in [6, 6.07) is 7.36. The van der Waals surface area contributed by atoms with Gasteiger partial charge in [0.2, 0.25) is 0 Å². The van der Waals surface area contributed by atoms with E-state index < -0.39 is 0 Å². The molecule has 0 saturated heterocycles.